The van der Waals surface area contributed by atoms with E-state index in [-0.39, 0.29) is 0 Å². The van der Waals surface area contributed by atoms with Crippen molar-refractivity contribution in [2.24, 2.45) is 0 Å². The summed E-state index contributed by atoms with van der Waals surface area (Å²) in [5, 5.41) is 0. The lowest BCUT2D eigenvalue weighted by Gasteiger charge is -2.05. The van der Waals surface area contributed by atoms with Crippen LogP contribution in [0.4, 0.5) is 0 Å². The number of rotatable bonds is 14. The summed E-state index contributed by atoms with van der Waals surface area (Å²) in [6.07, 6.45) is 13.6. The minimum Gasteiger partial charge on any atom is -0.375 e. The minimum absolute atomic E-state index is 0.465. The fourth-order valence-electron chi connectivity index (χ4n) is 2.55. The quantitative estimate of drug-likeness (QED) is 0.297. The van der Waals surface area contributed by atoms with Crippen LogP contribution in [0.3, 0.4) is 0 Å². The van der Waals surface area contributed by atoms with Gasteiger partial charge in [0.05, 0.1) is 23.9 Å². The highest BCUT2D eigenvalue weighted by Crippen LogP contribution is 2.11. The summed E-state index contributed by atoms with van der Waals surface area (Å²) in [5.41, 5.74) is 1.90. The van der Waals surface area contributed by atoms with Crippen LogP contribution in [0.5, 0.6) is 0 Å². The highest BCUT2D eigenvalue weighted by Gasteiger charge is 1.98. The Hall–Kier alpha value is -0.600. The monoisotopic (exact) mass is 325 g/mol. The van der Waals surface area contributed by atoms with Gasteiger partial charge < -0.3 is 4.74 Å². The lowest BCUT2D eigenvalue weighted by molar-refractivity contribution is 0.114. The second-order valence-electron chi connectivity index (χ2n) is 5.99. The lowest BCUT2D eigenvalue weighted by atomic mass is 10.1. The van der Waals surface area contributed by atoms with Crippen molar-refractivity contribution in [2.75, 3.05) is 6.61 Å². The molecule has 0 fully saturated rings. The molecule has 0 aliphatic carbocycles. The van der Waals surface area contributed by atoms with Gasteiger partial charge in [-0.3, -0.25) is 4.98 Å². The van der Waals surface area contributed by atoms with Gasteiger partial charge in [-0.05, 0) is 18.6 Å². The molecule has 1 heterocycles. The molecule has 1 rings (SSSR count). The van der Waals surface area contributed by atoms with Crippen molar-refractivity contribution in [3.05, 3.63) is 29.6 Å². The number of pyridine rings is 1. The number of nitrogens with zero attached hydrogens (tertiary/aromatic N) is 1. The molecule has 3 heteroatoms. The van der Waals surface area contributed by atoms with Crippen molar-refractivity contribution >= 4 is 11.6 Å². The molecule has 1 aromatic rings. The van der Waals surface area contributed by atoms with Crippen LogP contribution in [0.15, 0.2) is 18.2 Å². The first-order valence-corrected chi connectivity index (χ1v) is 9.48. The average Bonchev–Trinajstić information content (AvgIpc) is 2.56. The van der Waals surface area contributed by atoms with E-state index in [9.17, 15) is 0 Å². The Bertz CT molecular complexity index is 370. The van der Waals surface area contributed by atoms with Gasteiger partial charge in [-0.25, -0.2) is 0 Å². The Morgan fingerprint density at radius 1 is 0.864 bits per heavy atom. The van der Waals surface area contributed by atoms with E-state index in [1.807, 2.05) is 18.2 Å². The summed E-state index contributed by atoms with van der Waals surface area (Å²) in [7, 11) is 0. The van der Waals surface area contributed by atoms with Crippen molar-refractivity contribution in [3.8, 4) is 0 Å². The van der Waals surface area contributed by atoms with Crippen molar-refractivity contribution < 1.29 is 4.74 Å². The fraction of sp³-hybridized carbons (Fsp3) is 0.737. The Morgan fingerprint density at radius 2 is 1.45 bits per heavy atom. The van der Waals surface area contributed by atoms with Crippen molar-refractivity contribution in [3.63, 3.8) is 0 Å². The smallest absolute Gasteiger partial charge is 0.0887 e. The number of halogens is 1. The molecular formula is C19H32ClNO. The van der Waals surface area contributed by atoms with Crippen molar-refractivity contribution in [1.82, 2.24) is 4.98 Å². The highest BCUT2D eigenvalue weighted by atomic mass is 35.5. The first kappa shape index (κ1) is 19.4. The van der Waals surface area contributed by atoms with Crippen LogP contribution in [0.2, 0.25) is 0 Å². The highest BCUT2D eigenvalue weighted by molar-refractivity contribution is 6.16. The van der Waals surface area contributed by atoms with Gasteiger partial charge in [-0.15, -0.1) is 11.6 Å². The number of ether oxygens (including phenoxy) is 1. The molecule has 22 heavy (non-hydrogen) atoms. The standard InChI is InChI=1S/C19H32ClNO/c1-2-3-4-5-6-7-8-9-10-11-15-22-17-19-14-12-13-18(16-20)21-19/h12-14H,2-11,15-17H2,1H3. The predicted molar refractivity (Wildman–Crippen MR) is 95.3 cm³/mol. The Morgan fingerprint density at radius 3 is 2.09 bits per heavy atom. The van der Waals surface area contributed by atoms with Crippen LogP contribution in [0.25, 0.3) is 0 Å². The Balaban J connectivity index is 1.87. The molecule has 0 bridgehead atoms. The molecule has 0 saturated carbocycles. The lowest BCUT2D eigenvalue weighted by Crippen LogP contribution is -1.99. The summed E-state index contributed by atoms with van der Waals surface area (Å²) in [5.74, 6) is 0.465. The number of alkyl halides is 1. The summed E-state index contributed by atoms with van der Waals surface area (Å²) in [6.45, 7) is 3.71. The zero-order valence-electron chi connectivity index (χ0n) is 14.2. The zero-order valence-corrected chi connectivity index (χ0v) is 14.9. The maximum absolute atomic E-state index is 5.78. The largest absolute Gasteiger partial charge is 0.375 e. The number of hydrogen-bond acceptors (Lipinski definition) is 2. The van der Waals surface area contributed by atoms with Gasteiger partial charge in [-0.2, -0.15) is 0 Å². The third kappa shape index (κ3) is 10.2. The third-order valence-corrected chi connectivity index (χ3v) is 4.17. The average molecular weight is 326 g/mol. The van der Waals surface area contributed by atoms with E-state index in [1.54, 1.807) is 0 Å². The van der Waals surface area contributed by atoms with Gasteiger partial charge in [0.15, 0.2) is 0 Å². The SMILES string of the molecule is CCCCCCCCCCCCOCc1cccc(CCl)n1. The number of unbranched alkanes of at least 4 members (excludes halogenated alkanes) is 9. The van der Waals surface area contributed by atoms with Crippen molar-refractivity contribution in [2.45, 2.75) is 83.6 Å². The minimum atomic E-state index is 0.465. The molecule has 0 N–H and O–H groups in total. The van der Waals surface area contributed by atoms with E-state index in [4.69, 9.17) is 16.3 Å². The van der Waals surface area contributed by atoms with E-state index in [0.717, 1.165) is 24.4 Å². The zero-order chi connectivity index (χ0) is 15.9. The van der Waals surface area contributed by atoms with Gasteiger partial charge in [-0.1, -0.05) is 70.8 Å². The molecule has 0 saturated heterocycles. The molecule has 0 aromatic carbocycles. The van der Waals surface area contributed by atoms with E-state index in [1.165, 1.54) is 57.8 Å². The molecular weight excluding hydrogens is 294 g/mol. The third-order valence-electron chi connectivity index (χ3n) is 3.89. The molecule has 0 amide bonds. The van der Waals surface area contributed by atoms with Crippen LogP contribution in [0, 0.1) is 0 Å². The number of aromatic nitrogens is 1. The van der Waals surface area contributed by atoms with Crippen LogP contribution in [-0.2, 0) is 17.2 Å². The van der Waals surface area contributed by atoms with E-state index in [2.05, 4.69) is 11.9 Å². The molecule has 2 nitrogen and oxygen atoms in total. The molecule has 0 spiro atoms. The van der Waals surface area contributed by atoms with Crippen LogP contribution >= 0.6 is 11.6 Å². The van der Waals surface area contributed by atoms with Crippen LogP contribution in [-0.4, -0.2) is 11.6 Å². The second-order valence-corrected chi connectivity index (χ2v) is 6.26. The summed E-state index contributed by atoms with van der Waals surface area (Å²) in [6, 6.07) is 5.93. The van der Waals surface area contributed by atoms with Gasteiger partial charge in [0.25, 0.3) is 0 Å². The van der Waals surface area contributed by atoms with E-state index < -0.39 is 0 Å². The second kappa shape index (κ2) is 14.0. The maximum atomic E-state index is 5.78. The van der Waals surface area contributed by atoms with E-state index in [0.29, 0.717) is 12.5 Å². The predicted octanol–water partition coefficient (Wildman–Crippen LogP) is 6.26. The Labute approximate surface area is 141 Å². The molecule has 1 aromatic heterocycles. The van der Waals surface area contributed by atoms with Gasteiger partial charge in [0, 0.05) is 6.61 Å². The number of hydrogen-bond donors (Lipinski definition) is 0. The van der Waals surface area contributed by atoms with Crippen molar-refractivity contribution in [1.29, 1.82) is 0 Å². The van der Waals surface area contributed by atoms with Crippen LogP contribution < -0.4 is 0 Å². The first-order chi connectivity index (χ1) is 10.9. The topological polar surface area (TPSA) is 22.1 Å². The molecule has 126 valence electrons. The summed E-state index contributed by atoms with van der Waals surface area (Å²) >= 11 is 5.78. The van der Waals surface area contributed by atoms with E-state index >= 15 is 0 Å². The van der Waals surface area contributed by atoms with Gasteiger partial charge in [0.2, 0.25) is 0 Å². The molecule has 0 radical (unpaired) electrons. The fourth-order valence-corrected chi connectivity index (χ4v) is 2.70. The van der Waals surface area contributed by atoms with Gasteiger partial charge >= 0.3 is 0 Å². The molecule has 0 aliphatic rings. The van der Waals surface area contributed by atoms with Crippen LogP contribution in [0.1, 0.15) is 82.5 Å². The summed E-state index contributed by atoms with van der Waals surface area (Å²) < 4.78 is 5.69. The summed E-state index contributed by atoms with van der Waals surface area (Å²) in [4.78, 5) is 4.42. The maximum Gasteiger partial charge on any atom is 0.0887 e. The van der Waals surface area contributed by atoms with Gasteiger partial charge in [0.1, 0.15) is 0 Å². The molecule has 0 atom stereocenters. The molecule has 0 aliphatic heterocycles. The Kier molecular flexibility index (Phi) is 12.4. The normalized spacial score (nSPS) is 11.0. The first-order valence-electron chi connectivity index (χ1n) is 8.95. The molecule has 0 unspecified atom stereocenters.